The second-order valence-electron chi connectivity index (χ2n) is 3.89. The molecule has 96 valence electrons. The standard InChI is InChI=1S/C12H10ClN5O/c1-19-10-6-9(14)8(13)5-7(10)11-16-17-12-15-3-2-4-18(11)12/h2-6H,14H2,1H3. The largest absolute Gasteiger partial charge is 0.496 e. The van der Waals surface area contributed by atoms with Crippen molar-refractivity contribution in [1.82, 2.24) is 19.6 Å². The molecule has 0 amide bonds. The lowest BCUT2D eigenvalue weighted by Crippen LogP contribution is -1.96. The summed E-state index contributed by atoms with van der Waals surface area (Å²) in [6.07, 6.45) is 3.47. The van der Waals surface area contributed by atoms with E-state index in [1.807, 2.05) is 6.20 Å². The highest BCUT2D eigenvalue weighted by molar-refractivity contribution is 6.33. The van der Waals surface area contributed by atoms with Gasteiger partial charge in [0, 0.05) is 18.5 Å². The Labute approximate surface area is 113 Å². The summed E-state index contributed by atoms with van der Waals surface area (Å²) in [6.45, 7) is 0. The van der Waals surface area contributed by atoms with Gasteiger partial charge in [-0.3, -0.25) is 4.40 Å². The predicted octanol–water partition coefficient (Wildman–Crippen LogP) is 2.04. The quantitative estimate of drug-likeness (QED) is 0.724. The number of nitrogen functional groups attached to an aromatic ring is 1. The van der Waals surface area contributed by atoms with Crippen LogP contribution in [0.25, 0.3) is 17.2 Å². The number of anilines is 1. The Bertz CT molecular complexity index is 755. The summed E-state index contributed by atoms with van der Waals surface area (Å²) in [5.41, 5.74) is 6.93. The first-order valence-electron chi connectivity index (χ1n) is 5.50. The fourth-order valence-electron chi connectivity index (χ4n) is 1.84. The van der Waals surface area contributed by atoms with Crippen molar-refractivity contribution in [3.05, 3.63) is 35.6 Å². The average Bonchev–Trinajstić information content (AvgIpc) is 2.85. The number of aromatic nitrogens is 4. The molecule has 1 aromatic carbocycles. The van der Waals surface area contributed by atoms with Gasteiger partial charge in [-0.1, -0.05) is 11.6 Å². The number of rotatable bonds is 2. The SMILES string of the molecule is COc1cc(N)c(Cl)cc1-c1nnc2ncccn12. The van der Waals surface area contributed by atoms with Crippen LogP contribution in [-0.2, 0) is 0 Å². The average molecular weight is 276 g/mol. The highest BCUT2D eigenvalue weighted by Crippen LogP contribution is 2.35. The van der Waals surface area contributed by atoms with Crippen molar-refractivity contribution in [2.75, 3.05) is 12.8 Å². The van der Waals surface area contributed by atoms with E-state index in [1.54, 1.807) is 35.9 Å². The molecule has 3 aromatic rings. The summed E-state index contributed by atoms with van der Waals surface area (Å²) in [7, 11) is 1.56. The van der Waals surface area contributed by atoms with Crippen LogP contribution in [0.15, 0.2) is 30.6 Å². The van der Waals surface area contributed by atoms with Crippen molar-refractivity contribution in [1.29, 1.82) is 0 Å². The molecule has 0 radical (unpaired) electrons. The van der Waals surface area contributed by atoms with Crippen molar-refractivity contribution in [3.8, 4) is 17.1 Å². The van der Waals surface area contributed by atoms with Crippen molar-refractivity contribution < 1.29 is 4.74 Å². The topological polar surface area (TPSA) is 78.3 Å². The summed E-state index contributed by atoms with van der Waals surface area (Å²) >= 11 is 6.06. The van der Waals surface area contributed by atoms with Gasteiger partial charge in [0.05, 0.1) is 23.4 Å². The number of nitrogens with two attached hydrogens (primary N) is 1. The van der Waals surface area contributed by atoms with Gasteiger partial charge >= 0.3 is 0 Å². The van der Waals surface area contributed by atoms with Gasteiger partial charge in [0.15, 0.2) is 5.82 Å². The monoisotopic (exact) mass is 275 g/mol. The van der Waals surface area contributed by atoms with E-state index < -0.39 is 0 Å². The Balaban J connectivity index is 2.29. The summed E-state index contributed by atoms with van der Waals surface area (Å²) in [5, 5.41) is 8.55. The van der Waals surface area contributed by atoms with E-state index in [4.69, 9.17) is 22.1 Å². The molecule has 0 bridgehead atoms. The van der Waals surface area contributed by atoms with Gasteiger partial charge < -0.3 is 10.5 Å². The number of nitrogens with zero attached hydrogens (tertiary/aromatic N) is 4. The summed E-state index contributed by atoms with van der Waals surface area (Å²) in [5.74, 6) is 1.69. The van der Waals surface area contributed by atoms with Crippen LogP contribution in [0, 0.1) is 0 Å². The van der Waals surface area contributed by atoms with Gasteiger partial charge in [-0.05, 0) is 12.1 Å². The van der Waals surface area contributed by atoms with Crippen LogP contribution in [-0.4, -0.2) is 26.7 Å². The smallest absolute Gasteiger partial charge is 0.255 e. The third-order valence-electron chi connectivity index (χ3n) is 2.75. The minimum absolute atomic E-state index is 0.441. The van der Waals surface area contributed by atoms with Gasteiger partial charge in [-0.2, -0.15) is 0 Å². The van der Waals surface area contributed by atoms with Crippen molar-refractivity contribution >= 4 is 23.1 Å². The Morgan fingerprint density at radius 2 is 2.16 bits per heavy atom. The lowest BCUT2D eigenvalue weighted by atomic mass is 10.1. The predicted molar refractivity (Wildman–Crippen MR) is 72.2 cm³/mol. The van der Waals surface area contributed by atoms with Gasteiger partial charge in [0.2, 0.25) is 0 Å². The second-order valence-corrected chi connectivity index (χ2v) is 4.29. The highest BCUT2D eigenvalue weighted by Gasteiger charge is 2.15. The maximum absolute atomic E-state index is 6.06. The first kappa shape index (κ1) is 11.7. The van der Waals surface area contributed by atoms with Crippen LogP contribution in [0.4, 0.5) is 5.69 Å². The summed E-state index contributed by atoms with van der Waals surface area (Å²) < 4.78 is 7.07. The number of methoxy groups -OCH3 is 1. The summed E-state index contributed by atoms with van der Waals surface area (Å²) in [6, 6.07) is 5.17. The molecule has 2 heterocycles. The first-order valence-corrected chi connectivity index (χ1v) is 5.87. The fraction of sp³-hybridized carbons (Fsp3) is 0.0833. The molecule has 2 aromatic heterocycles. The molecule has 0 fully saturated rings. The van der Waals surface area contributed by atoms with E-state index in [0.717, 1.165) is 0 Å². The highest BCUT2D eigenvalue weighted by atomic mass is 35.5. The molecule has 0 aliphatic rings. The summed E-state index contributed by atoms with van der Waals surface area (Å²) in [4.78, 5) is 4.11. The number of fused-ring (bicyclic) bond motifs is 1. The number of benzene rings is 1. The lowest BCUT2D eigenvalue weighted by molar-refractivity contribution is 0.416. The van der Waals surface area contributed by atoms with Gasteiger partial charge in [0.25, 0.3) is 5.78 Å². The van der Waals surface area contributed by atoms with E-state index in [9.17, 15) is 0 Å². The second kappa shape index (κ2) is 4.40. The molecule has 6 nitrogen and oxygen atoms in total. The van der Waals surface area contributed by atoms with Crippen LogP contribution in [0.2, 0.25) is 5.02 Å². The molecule has 19 heavy (non-hydrogen) atoms. The van der Waals surface area contributed by atoms with E-state index in [1.165, 1.54) is 0 Å². The minimum atomic E-state index is 0.441. The molecule has 0 aliphatic heterocycles. The maximum Gasteiger partial charge on any atom is 0.255 e. The zero-order chi connectivity index (χ0) is 13.4. The molecular weight excluding hydrogens is 266 g/mol. The molecule has 7 heteroatoms. The molecule has 3 rings (SSSR count). The first-order chi connectivity index (χ1) is 9.20. The molecule has 0 saturated carbocycles. The molecule has 0 aliphatic carbocycles. The normalized spacial score (nSPS) is 10.8. The van der Waals surface area contributed by atoms with Crippen molar-refractivity contribution in [2.45, 2.75) is 0 Å². The number of hydrogen-bond donors (Lipinski definition) is 1. The fourth-order valence-corrected chi connectivity index (χ4v) is 2.00. The zero-order valence-electron chi connectivity index (χ0n) is 10.0. The van der Waals surface area contributed by atoms with E-state index >= 15 is 0 Å². The van der Waals surface area contributed by atoms with Crippen LogP contribution in [0.5, 0.6) is 5.75 Å². The molecular formula is C12H10ClN5O. The maximum atomic E-state index is 6.06. The number of ether oxygens (including phenoxy) is 1. The van der Waals surface area contributed by atoms with E-state index in [2.05, 4.69) is 15.2 Å². The van der Waals surface area contributed by atoms with Crippen LogP contribution in [0.3, 0.4) is 0 Å². The lowest BCUT2D eigenvalue weighted by Gasteiger charge is -2.09. The Morgan fingerprint density at radius 3 is 2.95 bits per heavy atom. The third-order valence-corrected chi connectivity index (χ3v) is 3.08. The van der Waals surface area contributed by atoms with Crippen LogP contribution >= 0.6 is 11.6 Å². The Morgan fingerprint density at radius 1 is 1.32 bits per heavy atom. The van der Waals surface area contributed by atoms with Crippen LogP contribution < -0.4 is 10.5 Å². The van der Waals surface area contributed by atoms with Gasteiger partial charge in [-0.25, -0.2) is 4.98 Å². The van der Waals surface area contributed by atoms with Crippen LogP contribution in [0.1, 0.15) is 0 Å². The van der Waals surface area contributed by atoms with E-state index in [-0.39, 0.29) is 0 Å². The van der Waals surface area contributed by atoms with Gasteiger partial charge in [0.1, 0.15) is 5.75 Å². The zero-order valence-corrected chi connectivity index (χ0v) is 10.8. The number of hydrogen-bond acceptors (Lipinski definition) is 5. The Hall–Kier alpha value is -2.34. The van der Waals surface area contributed by atoms with Crippen molar-refractivity contribution in [2.24, 2.45) is 0 Å². The van der Waals surface area contributed by atoms with Crippen molar-refractivity contribution in [3.63, 3.8) is 0 Å². The van der Waals surface area contributed by atoms with Gasteiger partial charge in [-0.15, -0.1) is 10.2 Å². The molecule has 0 atom stereocenters. The minimum Gasteiger partial charge on any atom is -0.496 e. The molecule has 0 unspecified atom stereocenters. The molecule has 0 saturated heterocycles. The third kappa shape index (κ3) is 1.86. The molecule has 2 N–H and O–H groups in total. The Kier molecular flexibility index (Phi) is 2.72. The van der Waals surface area contributed by atoms with E-state index in [0.29, 0.717) is 33.6 Å². The molecule has 0 spiro atoms. The number of halogens is 1.